The largest absolute Gasteiger partial charge is 0.463 e. The summed E-state index contributed by atoms with van der Waals surface area (Å²) in [6.07, 6.45) is 6.24. The second kappa shape index (κ2) is 7.51. The molecule has 0 unspecified atom stereocenters. The molecule has 6 heteroatoms. The van der Waals surface area contributed by atoms with E-state index in [4.69, 9.17) is 4.74 Å². The van der Waals surface area contributed by atoms with E-state index in [-0.39, 0.29) is 5.43 Å². The van der Waals surface area contributed by atoms with E-state index in [1.165, 1.54) is 12.5 Å². The fraction of sp³-hybridized carbons (Fsp3) is 0.421. The highest BCUT2D eigenvalue weighted by Gasteiger charge is 2.18. The number of rotatable bonds is 4. The van der Waals surface area contributed by atoms with Gasteiger partial charge in [-0.1, -0.05) is 0 Å². The number of aromatic amines is 1. The number of H-pyrrole nitrogens is 1. The van der Waals surface area contributed by atoms with Gasteiger partial charge in [0.15, 0.2) is 5.43 Å². The van der Waals surface area contributed by atoms with E-state index in [0.717, 1.165) is 37.4 Å². The molecule has 0 aliphatic carbocycles. The minimum atomic E-state index is -0.450. The molecular weight excluding hydrogens is 318 g/mol. The molecule has 0 saturated carbocycles. The van der Waals surface area contributed by atoms with Gasteiger partial charge < -0.3 is 14.6 Å². The van der Waals surface area contributed by atoms with Crippen molar-refractivity contribution in [3.05, 3.63) is 39.7 Å². The molecule has 0 atom stereocenters. The standard InChI is InChI=1S/C19H23N3O3/c1-3-25-16(23)10-9-15-17(24)14-8-7-13(2)20-18(14)21-19(15)22-11-5-4-6-12-22/h7-10H,3-6,11-12H2,1-2H3,(H,20,21,24)/b10-9+. The number of carbonyl (C=O) groups is 1. The van der Waals surface area contributed by atoms with Crippen molar-refractivity contribution in [2.45, 2.75) is 33.1 Å². The average Bonchev–Trinajstić information content (AvgIpc) is 2.61. The van der Waals surface area contributed by atoms with Crippen LogP contribution in [-0.4, -0.2) is 35.6 Å². The number of hydrogen-bond acceptors (Lipinski definition) is 5. The van der Waals surface area contributed by atoms with Crippen LogP contribution in [0.1, 0.15) is 37.4 Å². The molecule has 1 fully saturated rings. The number of anilines is 1. The Bertz CT molecular complexity index is 864. The highest BCUT2D eigenvalue weighted by molar-refractivity contribution is 5.90. The number of nitrogens with one attached hydrogen (secondary N) is 1. The molecule has 132 valence electrons. The molecular formula is C19H23N3O3. The van der Waals surface area contributed by atoms with Crippen molar-refractivity contribution >= 4 is 28.9 Å². The van der Waals surface area contributed by atoms with Crippen LogP contribution in [0, 0.1) is 6.92 Å². The Hall–Kier alpha value is -2.63. The van der Waals surface area contributed by atoms with Gasteiger partial charge in [0.05, 0.1) is 17.6 Å². The van der Waals surface area contributed by atoms with Gasteiger partial charge in [0.25, 0.3) is 0 Å². The third kappa shape index (κ3) is 3.73. The highest BCUT2D eigenvalue weighted by atomic mass is 16.5. The number of fused-ring (bicyclic) bond motifs is 1. The Balaban J connectivity index is 2.13. The SMILES string of the molecule is CCOC(=O)/C=C/c1c(N2CCCCC2)[nH]c2nc(C)ccc2c1=O. The van der Waals surface area contributed by atoms with E-state index in [9.17, 15) is 9.59 Å². The van der Waals surface area contributed by atoms with Gasteiger partial charge >= 0.3 is 5.97 Å². The Morgan fingerprint density at radius 3 is 2.80 bits per heavy atom. The number of pyridine rings is 2. The van der Waals surface area contributed by atoms with Gasteiger partial charge in [-0.25, -0.2) is 9.78 Å². The van der Waals surface area contributed by atoms with Crippen molar-refractivity contribution in [2.75, 3.05) is 24.6 Å². The molecule has 0 radical (unpaired) electrons. The van der Waals surface area contributed by atoms with Crippen LogP contribution in [-0.2, 0) is 9.53 Å². The maximum absolute atomic E-state index is 13.0. The van der Waals surface area contributed by atoms with Crippen molar-refractivity contribution in [1.82, 2.24) is 9.97 Å². The lowest BCUT2D eigenvalue weighted by Crippen LogP contribution is -2.32. The smallest absolute Gasteiger partial charge is 0.330 e. The lowest BCUT2D eigenvalue weighted by Gasteiger charge is -2.29. The molecule has 1 aliphatic rings. The Morgan fingerprint density at radius 2 is 2.08 bits per heavy atom. The quantitative estimate of drug-likeness (QED) is 0.684. The predicted molar refractivity (Wildman–Crippen MR) is 98.8 cm³/mol. The molecule has 0 bridgehead atoms. The molecule has 6 nitrogen and oxygen atoms in total. The molecule has 0 aromatic carbocycles. The van der Waals surface area contributed by atoms with Crippen LogP contribution >= 0.6 is 0 Å². The highest BCUT2D eigenvalue weighted by Crippen LogP contribution is 2.23. The van der Waals surface area contributed by atoms with Gasteiger partial charge in [-0.15, -0.1) is 0 Å². The number of nitrogens with zero attached hydrogens (tertiary/aromatic N) is 2. The van der Waals surface area contributed by atoms with Gasteiger partial charge in [-0.3, -0.25) is 4.79 Å². The van der Waals surface area contributed by atoms with Gasteiger partial charge in [0.2, 0.25) is 0 Å². The van der Waals surface area contributed by atoms with E-state index >= 15 is 0 Å². The van der Waals surface area contributed by atoms with Crippen molar-refractivity contribution < 1.29 is 9.53 Å². The van der Waals surface area contributed by atoms with Crippen LogP contribution in [0.15, 0.2) is 23.0 Å². The number of aromatic nitrogens is 2. The second-order valence-corrected chi connectivity index (χ2v) is 6.20. The molecule has 0 amide bonds. The minimum absolute atomic E-state index is 0.123. The van der Waals surface area contributed by atoms with Crippen LogP contribution in [0.25, 0.3) is 17.1 Å². The van der Waals surface area contributed by atoms with Crippen LogP contribution in [0.2, 0.25) is 0 Å². The lowest BCUT2D eigenvalue weighted by molar-refractivity contribution is -0.137. The van der Waals surface area contributed by atoms with Crippen LogP contribution in [0.4, 0.5) is 5.82 Å². The molecule has 1 aliphatic heterocycles. The van der Waals surface area contributed by atoms with Crippen molar-refractivity contribution in [3.8, 4) is 0 Å². The Labute approximate surface area is 146 Å². The minimum Gasteiger partial charge on any atom is -0.463 e. The predicted octanol–water partition coefficient (Wildman–Crippen LogP) is 2.80. The van der Waals surface area contributed by atoms with Crippen molar-refractivity contribution in [1.29, 1.82) is 0 Å². The van der Waals surface area contributed by atoms with E-state index in [1.807, 2.05) is 13.0 Å². The zero-order valence-electron chi connectivity index (χ0n) is 14.7. The van der Waals surface area contributed by atoms with Gasteiger partial charge in [0.1, 0.15) is 11.5 Å². The maximum Gasteiger partial charge on any atom is 0.330 e. The first-order valence-corrected chi connectivity index (χ1v) is 8.73. The van der Waals surface area contributed by atoms with Crippen molar-refractivity contribution in [3.63, 3.8) is 0 Å². The molecule has 3 rings (SSSR count). The fourth-order valence-electron chi connectivity index (χ4n) is 3.13. The summed E-state index contributed by atoms with van der Waals surface area (Å²) < 4.78 is 4.93. The zero-order valence-corrected chi connectivity index (χ0v) is 14.7. The summed E-state index contributed by atoms with van der Waals surface area (Å²) in [5, 5.41) is 0.523. The maximum atomic E-state index is 13.0. The molecule has 2 aromatic heterocycles. The monoisotopic (exact) mass is 341 g/mol. The summed E-state index contributed by atoms with van der Waals surface area (Å²) >= 11 is 0. The lowest BCUT2D eigenvalue weighted by atomic mass is 10.1. The summed E-state index contributed by atoms with van der Waals surface area (Å²) in [7, 11) is 0. The topological polar surface area (TPSA) is 75.3 Å². The second-order valence-electron chi connectivity index (χ2n) is 6.20. The van der Waals surface area contributed by atoms with Gasteiger partial charge in [-0.2, -0.15) is 0 Å². The summed E-state index contributed by atoms with van der Waals surface area (Å²) in [5.41, 5.74) is 1.79. The van der Waals surface area contributed by atoms with E-state index in [2.05, 4.69) is 14.9 Å². The molecule has 3 heterocycles. The first-order valence-electron chi connectivity index (χ1n) is 8.73. The average molecular weight is 341 g/mol. The third-order valence-corrected chi connectivity index (χ3v) is 4.36. The number of carbonyl (C=O) groups excluding carboxylic acids is 1. The summed E-state index contributed by atoms with van der Waals surface area (Å²) in [5.74, 6) is 0.282. The van der Waals surface area contributed by atoms with Crippen molar-refractivity contribution in [2.24, 2.45) is 0 Å². The third-order valence-electron chi connectivity index (χ3n) is 4.36. The number of esters is 1. The van der Waals surface area contributed by atoms with Crippen LogP contribution in [0.3, 0.4) is 0 Å². The summed E-state index contributed by atoms with van der Waals surface area (Å²) in [4.78, 5) is 34.6. The Kier molecular flexibility index (Phi) is 5.16. The van der Waals surface area contributed by atoms with Gasteiger partial charge in [0, 0.05) is 24.9 Å². The van der Waals surface area contributed by atoms with E-state index in [0.29, 0.717) is 23.2 Å². The van der Waals surface area contributed by atoms with E-state index < -0.39 is 5.97 Å². The number of aryl methyl sites for hydroxylation is 1. The molecule has 25 heavy (non-hydrogen) atoms. The summed E-state index contributed by atoms with van der Waals surface area (Å²) in [6, 6.07) is 3.59. The number of piperidine rings is 1. The molecule has 1 saturated heterocycles. The Morgan fingerprint density at radius 1 is 1.32 bits per heavy atom. The number of hydrogen-bond donors (Lipinski definition) is 1. The summed E-state index contributed by atoms with van der Waals surface area (Å²) in [6.45, 7) is 5.72. The fourth-order valence-corrected chi connectivity index (χ4v) is 3.13. The van der Waals surface area contributed by atoms with E-state index in [1.54, 1.807) is 19.1 Å². The first kappa shape index (κ1) is 17.2. The van der Waals surface area contributed by atoms with Crippen LogP contribution in [0.5, 0.6) is 0 Å². The van der Waals surface area contributed by atoms with Gasteiger partial charge in [-0.05, 0) is 51.3 Å². The number of ether oxygens (including phenoxy) is 1. The molecule has 0 spiro atoms. The zero-order chi connectivity index (χ0) is 17.8. The normalized spacial score (nSPS) is 15.0. The molecule has 2 aromatic rings. The molecule has 1 N–H and O–H groups in total. The first-order chi connectivity index (χ1) is 12.1. The van der Waals surface area contributed by atoms with Crippen LogP contribution < -0.4 is 10.3 Å².